The van der Waals surface area contributed by atoms with Gasteiger partial charge in [-0.3, -0.25) is 4.79 Å². The Balaban J connectivity index is 2.89. The van der Waals surface area contributed by atoms with E-state index < -0.39 is 0 Å². The van der Waals surface area contributed by atoms with Crippen molar-refractivity contribution in [1.82, 2.24) is 5.32 Å². The SMILES string of the molecule is CNC(=O)c1c(Cl)cc(OCCOC)cc1Cl. The molecule has 0 aliphatic rings. The zero-order valence-corrected chi connectivity index (χ0v) is 11.1. The third kappa shape index (κ3) is 3.77. The number of hydrogen-bond donors (Lipinski definition) is 1. The third-order valence-electron chi connectivity index (χ3n) is 2.03. The van der Waals surface area contributed by atoms with Gasteiger partial charge in [-0.15, -0.1) is 0 Å². The van der Waals surface area contributed by atoms with Gasteiger partial charge in [0.15, 0.2) is 0 Å². The molecule has 0 saturated carbocycles. The van der Waals surface area contributed by atoms with Crippen LogP contribution >= 0.6 is 23.2 Å². The molecule has 17 heavy (non-hydrogen) atoms. The molecule has 94 valence electrons. The maximum atomic E-state index is 11.5. The highest BCUT2D eigenvalue weighted by atomic mass is 35.5. The van der Waals surface area contributed by atoms with E-state index >= 15 is 0 Å². The van der Waals surface area contributed by atoms with Crippen molar-refractivity contribution in [1.29, 1.82) is 0 Å². The normalized spacial score (nSPS) is 10.1. The highest BCUT2D eigenvalue weighted by Crippen LogP contribution is 2.30. The number of carbonyl (C=O) groups is 1. The Hall–Kier alpha value is -0.970. The van der Waals surface area contributed by atoms with E-state index in [4.69, 9.17) is 32.7 Å². The zero-order valence-electron chi connectivity index (χ0n) is 9.55. The monoisotopic (exact) mass is 277 g/mol. The predicted molar refractivity (Wildman–Crippen MR) is 67.2 cm³/mol. The van der Waals surface area contributed by atoms with Crippen molar-refractivity contribution in [3.8, 4) is 5.75 Å². The minimum Gasteiger partial charge on any atom is -0.491 e. The van der Waals surface area contributed by atoms with Gasteiger partial charge in [0.25, 0.3) is 5.91 Å². The van der Waals surface area contributed by atoms with Crippen LogP contribution < -0.4 is 10.1 Å². The van der Waals surface area contributed by atoms with Crippen LogP contribution in [0.4, 0.5) is 0 Å². The summed E-state index contributed by atoms with van der Waals surface area (Å²) in [6.45, 7) is 0.856. The molecule has 6 heteroatoms. The Bertz CT molecular complexity index is 387. The average Bonchev–Trinajstić information content (AvgIpc) is 2.28. The number of carbonyl (C=O) groups excluding carboxylic acids is 1. The van der Waals surface area contributed by atoms with Gasteiger partial charge in [-0.25, -0.2) is 0 Å². The van der Waals surface area contributed by atoms with E-state index in [0.29, 0.717) is 19.0 Å². The summed E-state index contributed by atoms with van der Waals surface area (Å²) in [6.07, 6.45) is 0. The largest absolute Gasteiger partial charge is 0.491 e. The molecule has 0 fully saturated rings. The van der Waals surface area contributed by atoms with Gasteiger partial charge in [-0.05, 0) is 12.1 Å². The fourth-order valence-corrected chi connectivity index (χ4v) is 1.86. The highest BCUT2D eigenvalue weighted by Gasteiger charge is 2.15. The second kappa shape index (κ2) is 6.69. The lowest BCUT2D eigenvalue weighted by atomic mass is 10.2. The fraction of sp³-hybridized carbons (Fsp3) is 0.364. The second-order valence-electron chi connectivity index (χ2n) is 3.18. The molecule has 0 radical (unpaired) electrons. The lowest BCUT2D eigenvalue weighted by molar-refractivity contribution is 0.0963. The van der Waals surface area contributed by atoms with Crippen molar-refractivity contribution in [2.75, 3.05) is 27.4 Å². The first-order valence-electron chi connectivity index (χ1n) is 4.93. The molecule has 0 bridgehead atoms. The molecule has 0 saturated heterocycles. The third-order valence-corrected chi connectivity index (χ3v) is 2.62. The van der Waals surface area contributed by atoms with Crippen LogP contribution in [-0.4, -0.2) is 33.3 Å². The summed E-state index contributed by atoms with van der Waals surface area (Å²) in [6, 6.07) is 3.10. The van der Waals surface area contributed by atoms with Gasteiger partial charge in [0.2, 0.25) is 0 Å². The summed E-state index contributed by atoms with van der Waals surface area (Å²) in [7, 11) is 3.09. The number of hydrogen-bond acceptors (Lipinski definition) is 3. The Morgan fingerprint density at radius 2 is 1.88 bits per heavy atom. The van der Waals surface area contributed by atoms with Crippen molar-refractivity contribution in [2.24, 2.45) is 0 Å². The molecule has 0 heterocycles. The molecule has 0 aromatic heterocycles. The van der Waals surface area contributed by atoms with Crippen molar-refractivity contribution in [3.05, 3.63) is 27.7 Å². The van der Waals surface area contributed by atoms with E-state index in [9.17, 15) is 4.79 Å². The van der Waals surface area contributed by atoms with Gasteiger partial charge in [0.1, 0.15) is 12.4 Å². The van der Waals surface area contributed by atoms with E-state index in [-0.39, 0.29) is 21.5 Å². The van der Waals surface area contributed by atoms with Crippen LogP contribution in [-0.2, 0) is 4.74 Å². The van der Waals surface area contributed by atoms with Crippen molar-refractivity contribution >= 4 is 29.1 Å². The van der Waals surface area contributed by atoms with E-state index in [1.165, 1.54) is 7.05 Å². The minimum absolute atomic E-state index is 0.245. The number of benzene rings is 1. The predicted octanol–water partition coefficient (Wildman–Crippen LogP) is 2.38. The molecule has 0 aliphatic carbocycles. The number of halogens is 2. The topological polar surface area (TPSA) is 47.6 Å². The average molecular weight is 278 g/mol. The number of rotatable bonds is 5. The summed E-state index contributed by atoms with van der Waals surface area (Å²) in [5.74, 6) is 0.174. The quantitative estimate of drug-likeness (QED) is 0.841. The molecule has 1 amide bonds. The molecule has 1 aromatic carbocycles. The summed E-state index contributed by atoms with van der Waals surface area (Å²) in [5, 5.41) is 2.97. The second-order valence-corrected chi connectivity index (χ2v) is 4.00. The summed E-state index contributed by atoms with van der Waals surface area (Å²) >= 11 is 11.9. The lowest BCUT2D eigenvalue weighted by Gasteiger charge is -2.10. The first-order valence-corrected chi connectivity index (χ1v) is 5.68. The fourth-order valence-electron chi connectivity index (χ4n) is 1.22. The Morgan fingerprint density at radius 1 is 1.29 bits per heavy atom. The van der Waals surface area contributed by atoms with Crippen LogP contribution in [0.2, 0.25) is 10.0 Å². The molecular formula is C11H13Cl2NO3. The van der Waals surface area contributed by atoms with Gasteiger partial charge in [0, 0.05) is 14.2 Å². The first kappa shape index (κ1) is 14.1. The molecule has 0 atom stereocenters. The van der Waals surface area contributed by atoms with Gasteiger partial charge in [-0.1, -0.05) is 23.2 Å². The van der Waals surface area contributed by atoms with Crippen LogP contribution in [0.25, 0.3) is 0 Å². The molecule has 4 nitrogen and oxygen atoms in total. The molecule has 0 aliphatic heterocycles. The molecule has 1 aromatic rings. The smallest absolute Gasteiger partial charge is 0.254 e. The van der Waals surface area contributed by atoms with Gasteiger partial charge < -0.3 is 14.8 Å². The minimum atomic E-state index is -0.330. The van der Waals surface area contributed by atoms with Gasteiger partial charge in [0.05, 0.1) is 22.2 Å². The highest BCUT2D eigenvalue weighted by molar-refractivity contribution is 6.39. The maximum Gasteiger partial charge on any atom is 0.254 e. The first-order chi connectivity index (χ1) is 8.10. The van der Waals surface area contributed by atoms with E-state index in [1.54, 1.807) is 19.2 Å². The standard InChI is InChI=1S/C11H13Cl2NO3/c1-14-11(15)10-8(12)5-7(6-9(10)13)17-4-3-16-2/h5-6H,3-4H2,1-2H3,(H,14,15). The van der Waals surface area contributed by atoms with Crippen LogP contribution in [0.3, 0.4) is 0 Å². The van der Waals surface area contributed by atoms with Crippen LogP contribution in [0.5, 0.6) is 5.75 Å². The van der Waals surface area contributed by atoms with Crippen LogP contribution in [0.1, 0.15) is 10.4 Å². The van der Waals surface area contributed by atoms with Crippen molar-refractivity contribution in [2.45, 2.75) is 0 Å². The summed E-state index contributed by atoms with van der Waals surface area (Å²) in [5.41, 5.74) is 0.245. The van der Waals surface area contributed by atoms with Crippen LogP contribution in [0, 0.1) is 0 Å². The van der Waals surface area contributed by atoms with Crippen LogP contribution in [0.15, 0.2) is 12.1 Å². The number of methoxy groups -OCH3 is 1. The van der Waals surface area contributed by atoms with Gasteiger partial charge in [-0.2, -0.15) is 0 Å². The van der Waals surface area contributed by atoms with Gasteiger partial charge >= 0.3 is 0 Å². The maximum absolute atomic E-state index is 11.5. The van der Waals surface area contributed by atoms with Crippen molar-refractivity contribution in [3.63, 3.8) is 0 Å². The van der Waals surface area contributed by atoms with E-state index in [2.05, 4.69) is 5.32 Å². The number of nitrogens with one attached hydrogen (secondary N) is 1. The number of amides is 1. The van der Waals surface area contributed by atoms with E-state index in [1.807, 2.05) is 0 Å². The zero-order chi connectivity index (χ0) is 12.8. The van der Waals surface area contributed by atoms with Crippen molar-refractivity contribution < 1.29 is 14.3 Å². The number of ether oxygens (including phenoxy) is 2. The molecular weight excluding hydrogens is 265 g/mol. The molecule has 0 spiro atoms. The summed E-state index contributed by atoms with van der Waals surface area (Å²) in [4.78, 5) is 11.5. The Morgan fingerprint density at radius 3 is 2.35 bits per heavy atom. The Labute approximate surface area is 110 Å². The molecule has 1 N–H and O–H groups in total. The van der Waals surface area contributed by atoms with E-state index in [0.717, 1.165) is 0 Å². The lowest BCUT2D eigenvalue weighted by Crippen LogP contribution is -2.18. The summed E-state index contributed by atoms with van der Waals surface area (Å²) < 4.78 is 10.2. The Kier molecular flexibility index (Phi) is 5.55. The molecule has 1 rings (SSSR count). The molecule has 0 unspecified atom stereocenters.